The molecule has 0 aliphatic heterocycles. The molecule has 30 heavy (non-hydrogen) atoms. The molecule has 0 saturated carbocycles. The second-order valence-corrected chi connectivity index (χ2v) is 7.49. The van der Waals surface area contributed by atoms with Gasteiger partial charge in [-0.05, 0) is 54.2 Å². The van der Waals surface area contributed by atoms with Gasteiger partial charge in [0.05, 0.1) is 0 Å². The highest BCUT2D eigenvalue weighted by Gasteiger charge is 2.13. The Morgan fingerprint density at radius 1 is 0.733 bits per heavy atom. The Labute approximate surface area is 176 Å². The molecule has 0 N–H and O–H groups in total. The summed E-state index contributed by atoms with van der Waals surface area (Å²) in [5.74, 6) is -1.40. The minimum atomic E-state index is -0.859. The molecule has 0 heterocycles. The molecule has 0 bridgehead atoms. The molecule has 0 aliphatic rings. The Morgan fingerprint density at radius 3 is 2.10 bits per heavy atom. The van der Waals surface area contributed by atoms with Crippen molar-refractivity contribution >= 4 is 0 Å². The topological polar surface area (TPSA) is 9.23 Å². The van der Waals surface area contributed by atoms with Crippen LogP contribution in [0, 0.1) is 17.5 Å². The van der Waals surface area contributed by atoms with Crippen molar-refractivity contribution in [2.24, 2.45) is 0 Å². The van der Waals surface area contributed by atoms with Gasteiger partial charge in [-0.25, -0.2) is 13.2 Å². The molecule has 0 fully saturated rings. The normalized spacial score (nSPS) is 11.0. The third kappa shape index (κ3) is 5.24. The molecule has 1 nitrogen and oxygen atoms in total. The highest BCUT2D eigenvalue weighted by molar-refractivity contribution is 5.65. The molecular formula is C26H27F3O. The van der Waals surface area contributed by atoms with E-state index in [1.807, 2.05) is 13.0 Å². The summed E-state index contributed by atoms with van der Waals surface area (Å²) in [6, 6.07) is 15.5. The van der Waals surface area contributed by atoms with Crippen molar-refractivity contribution in [3.63, 3.8) is 0 Å². The maximum Gasteiger partial charge on any atom is 0.165 e. The molecule has 4 heteroatoms. The van der Waals surface area contributed by atoms with E-state index in [9.17, 15) is 13.2 Å². The molecule has 0 unspecified atom stereocenters. The van der Waals surface area contributed by atoms with Crippen LogP contribution in [0.15, 0.2) is 54.6 Å². The lowest BCUT2D eigenvalue weighted by atomic mass is 10.0. The number of benzene rings is 3. The summed E-state index contributed by atoms with van der Waals surface area (Å²) in [6.07, 6.45) is 4.24. The minimum absolute atomic E-state index is 0.0744. The van der Waals surface area contributed by atoms with Gasteiger partial charge in [0.25, 0.3) is 0 Å². The number of ether oxygens (including phenoxy) is 1. The Bertz CT molecular complexity index is 980. The van der Waals surface area contributed by atoms with Gasteiger partial charge in [0.2, 0.25) is 0 Å². The van der Waals surface area contributed by atoms with Crippen LogP contribution in [-0.4, -0.2) is 0 Å². The van der Waals surface area contributed by atoms with E-state index in [1.54, 1.807) is 48.5 Å². The predicted octanol–water partition coefficient (Wildman–Crippen LogP) is 7.65. The van der Waals surface area contributed by atoms with E-state index in [1.165, 1.54) is 0 Å². The molecule has 0 aliphatic carbocycles. The van der Waals surface area contributed by atoms with Crippen LogP contribution in [0.25, 0.3) is 11.1 Å². The third-order valence-electron chi connectivity index (χ3n) is 5.17. The van der Waals surface area contributed by atoms with E-state index in [4.69, 9.17) is 4.74 Å². The van der Waals surface area contributed by atoms with Gasteiger partial charge in [-0.15, -0.1) is 0 Å². The molecule has 3 rings (SSSR count). The van der Waals surface area contributed by atoms with Crippen molar-refractivity contribution in [2.75, 3.05) is 0 Å². The van der Waals surface area contributed by atoms with Gasteiger partial charge < -0.3 is 4.74 Å². The quantitative estimate of drug-likeness (QED) is 0.351. The van der Waals surface area contributed by atoms with E-state index >= 15 is 0 Å². The standard InChI is InChI=1S/C26H27F3O/c1-3-5-7-18-8-15-23(24(27)16-18)19-11-13-22(14-12-19)30-17-21-10-9-20(6-4-2)25(28)26(21)29/h8-16H,3-7,17H2,1-2H3. The lowest BCUT2D eigenvalue weighted by molar-refractivity contribution is 0.297. The van der Waals surface area contributed by atoms with E-state index in [-0.39, 0.29) is 18.0 Å². The van der Waals surface area contributed by atoms with Gasteiger partial charge in [0.15, 0.2) is 11.6 Å². The van der Waals surface area contributed by atoms with E-state index in [0.717, 1.165) is 36.8 Å². The van der Waals surface area contributed by atoms with Crippen LogP contribution < -0.4 is 4.74 Å². The summed E-state index contributed by atoms with van der Waals surface area (Å²) >= 11 is 0. The molecule has 3 aromatic rings. The van der Waals surface area contributed by atoms with Gasteiger partial charge in [-0.3, -0.25) is 0 Å². The second-order valence-electron chi connectivity index (χ2n) is 7.49. The smallest absolute Gasteiger partial charge is 0.165 e. The van der Waals surface area contributed by atoms with Crippen molar-refractivity contribution in [3.8, 4) is 16.9 Å². The SMILES string of the molecule is CCCCc1ccc(-c2ccc(OCc3ccc(CCC)c(F)c3F)cc2)c(F)c1. The maximum absolute atomic E-state index is 14.5. The van der Waals surface area contributed by atoms with Crippen LogP contribution >= 0.6 is 0 Å². The number of halogens is 3. The summed E-state index contributed by atoms with van der Waals surface area (Å²) in [5.41, 5.74) is 2.82. The number of unbranched alkanes of at least 4 members (excludes halogenated alkanes) is 1. The first-order valence-electron chi connectivity index (χ1n) is 10.5. The molecule has 0 radical (unpaired) electrons. The van der Waals surface area contributed by atoms with Crippen LogP contribution in [0.2, 0.25) is 0 Å². The fraction of sp³-hybridized carbons (Fsp3) is 0.308. The maximum atomic E-state index is 14.5. The average Bonchev–Trinajstić information content (AvgIpc) is 2.76. The van der Waals surface area contributed by atoms with Gasteiger partial charge in [-0.2, -0.15) is 0 Å². The van der Waals surface area contributed by atoms with E-state index in [0.29, 0.717) is 23.3 Å². The Balaban J connectivity index is 1.67. The van der Waals surface area contributed by atoms with Crippen molar-refractivity contribution in [2.45, 2.75) is 52.6 Å². The number of hydrogen-bond donors (Lipinski definition) is 0. The summed E-state index contributed by atoms with van der Waals surface area (Å²) in [4.78, 5) is 0. The van der Waals surface area contributed by atoms with Crippen molar-refractivity contribution in [3.05, 3.63) is 88.7 Å². The molecule has 0 spiro atoms. The van der Waals surface area contributed by atoms with Crippen molar-refractivity contribution < 1.29 is 17.9 Å². The fourth-order valence-electron chi connectivity index (χ4n) is 3.42. The monoisotopic (exact) mass is 412 g/mol. The summed E-state index contributed by atoms with van der Waals surface area (Å²) in [6.45, 7) is 3.96. The zero-order valence-corrected chi connectivity index (χ0v) is 17.5. The minimum Gasteiger partial charge on any atom is -0.489 e. The van der Waals surface area contributed by atoms with Gasteiger partial charge in [0, 0.05) is 11.1 Å². The molecule has 0 saturated heterocycles. The zero-order chi connectivity index (χ0) is 21.5. The van der Waals surface area contributed by atoms with Crippen LogP contribution in [0.3, 0.4) is 0 Å². The average molecular weight is 412 g/mol. The molecular weight excluding hydrogens is 385 g/mol. The Morgan fingerprint density at radius 2 is 1.43 bits per heavy atom. The highest BCUT2D eigenvalue weighted by atomic mass is 19.2. The van der Waals surface area contributed by atoms with Crippen LogP contribution in [0.4, 0.5) is 13.2 Å². The van der Waals surface area contributed by atoms with Crippen molar-refractivity contribution in [1.82, 2.24) is 0 Å². The Hall–Kier alpha value is -2.75. The summed E-state index contributed by atoms with van der Waals surface area (Å²) < 4.78 is 48.4. The van der Waals surface area contributed by atoms with E-state index in [2.05, 4.69) is 6.92 Å². The molecule has 3 aromatic carbocycles. The molecule has 0 amide bonds. The first kappa shape index (κ1) is 21.9. The second kappa shape index (κ2) is 10.3. The van der Waals surface area contributed by atoms with Gasteiger partial charge >= 0.3 is 0 Å². The number of aryl methyl sites for hydroxylation is 2. The zero-order valence-electron chi connectivity index (χ0n) is 17.5. The van der Waals surface area contributed by atoms with Gasteiger partial charge in [0.1, 0.15) is 18.2 Å². The number of hydrogen-bond acceptors (Lipinski definition) is 1. The van der Waals surface area contributed by atoms with Crippen LogP contribution in [0.1, 0.15) is 49.8 Å². The first-order valence-corrected chi connectivity index (χ1v) is 10.5. The lowest BCUT2D eigenvalue weighted by Crippen LogP contribution is -2.03. The first-order chi connectivity index (χ1) is 14.5. The highest BCUT2D eigenvalue weighted by Crippen LogP contribution is 2.27. The summed E-state index contributed by atoms with van der Waals surface area (Å²) in [5, 5.41) is 0. The third-order valence-corrected chi connectivity index (χ3v) is 5.17. The predicted molar refractivity (Wildman–Crippen MR) is 115 cm³/mol. The number of rotatable bonds is 9. The van der Waals surface area contributed by atoms with Gasteiger partial charge in [-0.1, -0.05) is 63.1 Å². The summed E-state index contributed by atoms with van der Waals surface area (Å²) in [7, 11) is 0. The molecule has 158 valence electrons. The van der Waals surface area contributed by atoms with Crippen LogP contribution in [-0.2, 0) is 19.4 Å². The largest absolute Gasteiger partial charge is 0.489 e. The fourth-order valence-corrected chi connectivity index (χ4v) is 3.42. The molecule has 0 aromatic heterocycles. The van der Waals surface area contributed by atoms with E-state index < -0.39 is 11.6 Å². The van der Waals surface area contributed by atoms with Crippen molar-refractivity contribution in [1.29, 1.82) is 0 Å². The van der Waals surface area contributed by atoms with Crippen LogP contribution in [0.5, 0.6) is 5.75 Å². The Kier molecular flexibility index (Phi) is 7.56. The lowest BCUT2D eigenvalue weighted by Gasteiger charge is -2.11. The molecule has 0 atom stereocenters.